The van der Waals surface area contributed by atoms with E-state index in [1.54, 1.807) is 13.0 Å². The maximum atomic E-state index is 15.1. The fraction of sp³-hybridized carbons (Fsp3) is 0.600. The van der Waals surface area contributed by atoms with Gasteiger partial charge in [-0.3, -0.25) is 9.36 Å². The SMILES string of the molecule is Cc1c(B2OC(C)(C)C(C)(C)O2)cc2c(=O)n([C@H]3CCOC[C@@H]3O)cnc2c1F. The lowest BCUT2D eigenvalue weighted by molar-refractivity contribution is -0.0395. The van der Waals surface area contributed by atoms with Crippen LogP contribution in [0.25, 0.3) is 10.9 Å². The average Bonchev–Trinajstić information content (AvgIpc) is 2.86. The van der Waals surface area contributed by atoms with E-state index in [4.69, 9.17) is 14.0 Å². The Hall–Kier alpha value is -1.81. The molecule has 156 valence electrons. The summed E-state index contributed by atoms with van der Waals surface area (Å²) in [6.45, 7) is 9.89. The third-order valence-electron chi connectivity index (χ3n) is 6.46. The Bertz CT molecular complexity index is 1010. The molecule has 0 bridgehead atoms. The van der Waals surface area contributed by atoms with E-state index in [0.29, 0.717) is 24.1 Å². The van der Waals surface area contributed by atoms with Gasteiger partial charge < -0.3 is 19.2 Å². The largest absolute Gasteiger partial charge is 0.495 e. The molecule has 2 aliphatic heterocycles. The number of aliphatic hydroxyl groups excluding tert-OH is 1. The molecule has 1 N–H and O–H groups in total. The highest BCUT2D eigenvalue weighted by molar-refractivity contribution is 6.63. The Morgan fingerprint density at radius 1 is 1.28 bits per heavy atom. The van der Waals surface area contributed by atoms with Crippen molar-refractivity contribution in [3.05, 3.63) is 34.1 Å². The van der Waals surface area contributed by atoms with Crippen molar-refractivity contribution in [1.29, 1.82) is 0 Å². The minimum Gasteiger partial charge on any atom is -0.399 e. The molecular formula is C20H26BFN2O5. The van der Waals surface area contributed by atoms with E-state index < -0.39 is 41.8 Å². The summed E-state index contributed by atoms with van der Waals surface area (Å²) < 4.78 is 33.9. The van der Waals surface area contributed by atoms with Gasteiger partial charge in [0.1, 0.15) is 5.52 Å². The number of halogens is 1. The summed E-state index contributed by atoms with van der Waals surface area (Å²) >= 11 is 0. The van der Waals surface area contributed by atoms with Gasteiger partial charge in [0.15, 0.2) is 5.82 Å². The molecule has 2 aromatic rings. The van der Waals surface area contributed by atoms with Gasteiger partial charge in [-0.25, -0.2) is 9.37 Å². The standard InChI is InChI=1S/C20H26BFN2O5/c1-11-13(21-28-19(2,3)20(4,5)29-21)8-12-17(16(11)22)23-10-24(18(12)26)14-6-7-27-9-15(14)25/h8,10,14-15,25H,6-7,9H2,1-5H3/t14-,15-/m0/s1. The van der Waals surface area contributed by atoms with Crippen molar-refractivity contribution in [2.24, 2.45) is 0 Å². The van der Waals surface area contributed by atoms with Crippen LogP contribution in [-0.2, 0) is 14.0 Å². The number of ether oxygens (including phenoxy) is 1. The second-order valence-corrected chi connectivity index (χ2v) is 8.84. The molecule has 0 radical (unpaired) electrons. The Labute approximate surface area is 168 Å². The summed E-state index contributed by atoms with van der Waals surface area (Å²) in [5.41, 5.74) is -0.763. The molecule has 2 saturated heterocycles. The summed E-state index contributed by atoms with van der Waals surface area (Å²) in [4.78, 5) is 17.4. The fourth-order valence-corrected chi connectivity index (χ4v) is 3.84. The number of rotatable bonds is 2. The lowest BCUT2D eigenvalue weighted by Gasteiger charge is -2.32. The molecule has 7 nitrogen and oxygen atoms in total. The summed E-state index contributed by atoms with van der Waals surface area (Å²) in [5.74, 6) is -0.566. The highest BCUT2D eigenvalue weighted by Gasteiger charge is 2.52. The number of fused-ring (bicyclic) bond motifs is 1. The number of aliphatic hydroxyl groups is 1. The monoisotopic (exact) mass is 404 g/mol. The number of hydrogen-bond acceptors (Lipinski definition) is 6. The number of hydrogen-bond donors (Lipinski definition) is 1. The van der Waals surface area contributed by atoms with Crippen LogP contribution < -0.4 is 11.0 Å². The minimum atomic E-state index is -0.821. The number of aromatic nitrogens is 2. The Balaban J connectivity index is 1.85. The van der Waals surface area contributed by atoms with Crippen LogP contribution in [0.15, 0.2) is 17.2 Å². The van der Waals surface area contributed by atoms with Gasteiger partial charge in [-0.05, 0) is 58.1 Å². The van der Waals surface area contributed by atoms with Gasteiger partial charge in [-0.15, -0.1) is 0 Å². The van der Waals surface area contributed by atoms with Crippen molar-refractivity contribution >= 4 is 23.5 Å². The molecule has 0 aliphatic carbocycles. The van der Waals surface area contributed by atoms with Crippen LogP contribution in [0.2, 0.25) is 0 Å². The molecule has 2 atom stereocenters. The van der Waals surface area contributed by atoms with Gasteiger partial charge in [0, 0.05) is 6.61 Å². The lowest BCUT2D eigenvalue weighted by atomic mass is 9.75. The maximum absolute atomic E-state index is 15.1. The molecule has 4 rings (SSSR count). The van der Waals surface area contributed by atoms with Crippen LogP contribution in [0.5, 0.6) is 0 Å². The third-order valence-corrected chi connectivity index (χ3v) is 6.46. The highest BCUT2D eigenvalue weighted by atomic mass is 19.1. The normalized spacial score (nSPS) is 26.2. The molecule has 9 heteroatoms. The van der Waals surface area contributed by atoms with Crippen molar-refractivity contribution in [3.63, 3.8) is 0 Å². The molecule has 0 saturated carbocycles. The molecule has 0 amide bonds. The van der Waals surface area contributed by atoms with E-state index >= 15 is 4.39 Å². The zero-order valence-corrected chi connectivity index (χ0v) is 17.4. The topological polar surface area (TPSA) is 82.8 Å². The molecule has 1 aromatic carbocycles. The van der Waals surface area contributed by atoms with Crippen LogP contribution >= 0.6 is 0 Å². The first-order chi connectivity index (χ1) is 13.5. The highest BCUT2D eigenvalue weighted by Crippen LogP contribution is 2.37. The first kappa shape index (κ1) is 20.5. The Morgan fingerprint density at radius 2 is 1.93 bits per heavy atom. The van der Waals surface area contributed by atoms with Crippen molar-refractivity contribution < 1.29 is 23.5 Å². The Morgan fingerprint density at radius 3 is 2.55 bits per heavy atom. The van der Waals surface area contributed by atoms with Gasteiger partial charge in [0.2, 0.25) is 0 Å². The van der Waals surface area contributed by atoms with E-state index in [1.807, 2.05) is 27.7 Å². The summed E-state index contributed by atoms with van der Waals surface area (Å²) in [6, 6.07) is 1.14. The van der Waals surface area contributed by atoms with Gasteiger partial charge >= 0.3 is 7.12 Å². The van der Waals surface area contributed by atoms with Crippen LogP contribution in [0.4, 0.5) is 4.39 Å². The zero-order valence-electron chi connectivity index (χ0n) is 17.4. The molecule has 29 heavy (non-hydrogen) atoms. The summed E-state index contributed by atoms with van der Waals surface area (Å²) in [5, 5.41) is 10.4. The van der Waals surface area contributed by atoms with E-state index in [2.05, 4.69) is 4.98 Å². The van der Waals surface area contributed by atoms with Crippen LogP contribution in [0.1, 0.15) is 45.7 Å². The molecule has 0 spiro atoms. The fourth-order valence-electron chi connectivity index (χ4n) is 3.84. The number of nitrogens with zero attached hydrogens (tertiary/aromatic N) is 2. The van der Waals surface area contributed by atoms with Gasteiger partial charge in [-0.1, -0.05) is 0 Å². The number of benzene rings is 1. The predicted molar refractivity (Wildman–Crippen MR) is 107 cm³/mol. The molecule has 3 heterocycles. The first-order valence-corrected chi connectivity index (χ1v) is 9.85. The molecule has 2 fully saturated rings. The lowest BCUT2D eigenvalue weighted by Crippen LogP contribution is -2.41. The average molecular weight is 404 g/mol. The van der Waals surface area contributed by atoms with Gasteiger partial charge in [0.05, 0.1) is 41.7 Å². The quantitative estimate of drug-likeness (QED) is 0.764. The van der Waals surface area contributed by atoms with Crippen molar-refractivity contribution in [2.45, 2.75) is 64.4 Å². The van der Waals surface area contributed by atoms with E-state index in [9.17, 15) is 9.90 Å². The van der Waals surface area contributed by atoms with Crippen LogP contribution in [-0.4, -0.2) is 52.3 Å². The zero-order chi connectivity index (χ0) is 21.1. The summed E-state index contributed by atoms with van der Waals surface area (Å²) in [7, 11) is -0.791. The van der Waals surface area contributed by atoms with Crippen molar-refractivity contribution in [1.82, 2.24) is 9.55 Å². The smallest absolute Gasteiger partial charge is 0.399 e. The maximum Gasteiger partial charge on any atom is 0.495 e. The third kappa shape index (κ3) is 3.20. The Kier molecular flexibility index (Phi) is 4.85. The van der Waals surface area contributed by atoms with Crippen molar-refractivity contribution in [2.75, 3.05) is 13.2 Å². The van der Waals surface area contributed by atoms with Crippen molar-refractivity contribution in [3.8, 4) is 0 Å². The molecular weight excluding hydrogens is 378 g/mol. The second-order valence-electron chi connectivity index (χ2n) is 8.84. The van der Waals surface area contributed by atoms with Crippen LogP contribution in [0.3, 0.4) is 0 Å². The minimum absolute atomic E-state index is 0.00515. The molecule has 1 aromatic heterocycles. The van der Waals surface area contributed by atoms with E-state index in [0.717, 1.165) is 0 Å². The second kappa shape index (κ2) is 6.87. The molecule has 0 unspecified atom stereocenters. The molecule has 2 aliphatic rings. The van der Waals surface area contributed by atoms with E-state index in [-0.39, 0.29) is 17.5 Å². The van der Waals surface area contributed by atoms with Gasteiger partial charge in [-0.2, -0.15) is 0 Å². The predicted octanol–water partition coefficient (Wildman–Crippen LogP) is 1.47. The van der Waals surface area contributed by atoms with E-state index in [1.165, 1.54) is 10.9 Å². The summed E-state index contributed by atoms with van der Waals surface area (Å²) in [6.07, 6.45) is 0.964. The first-order valence-electron chi connectivity index (χ1n) is 9.85. The van der Waals surface area contributed by atoms with Crippen LogP contribution in [0, 0.1) is 12.7 Å². The van der Waals surface area contributed by atoms with Gasteiger partial charge in [0.25, 0.3) is 5.56 Å².